The fourth-order valence-electron chi connectivity index (χ4n) is 2.78. The zero-order chi connectivity index (χ0) is 18.3. The van der Waals surface area contributed by atoms with Crippen LogP contribution in [-0.2, 0) is 16.0 Å². The standard InChI is InChI=1S/C20H31ClO3S/c21-19(20(22)23)16-12-7-5-3-1-2-4-6-8-13-17-25(24)18-14-10-9-11-15-18/h9-11,14-15,19H,1-8,12-13,16-17H2,(H,22,23). The first kappa shape index (κ1) is 22.3. The Bertz CT molecular complexity index is 456. The van der Waals surface area contributed by atoms with E-state index in [4.69, 9.17) is 16.7 Å². The summed E-state index contributed by atoms with van der Waals surface area (Å²) in [5.74, 6) is -0.142. The highest BCUT2D eigenvalue weighted by atomic mass is 35.5. The van der Waals surface area contributed by atoms with Gasteiger partial charge in [-0.15, -0.1) is 11.6 Å². The second kappa shape index (κ2) is 14.5. The van der Waals surface area contributed by atoms with E-state index >= 15 is 0 Å². The van der Waals surface area contributed by atoms with Gasteiger partial charge in [0.05, 0.1) is 0 Å². The molecule has 0 spiro atoms. The van der Waals surface area contributed by atoms with Crippen molar-refractivity contribution < 1.29 is 14.5 Å². The van der Waals surface area contributed by atoms with Gasteiger partial charge in [-0.3, -0.25) is 4.79 Å². The molecule has 1 aromatic carbocycles. The molecule has 2 unspecified atom stereocenters. The van der Waals surface area contributed by atoms with Crippen LogP contribution in [0.1, 0.15) is 70.6 Å². The number of aliphatic carboxylic acids is 1. The van der Waals surface area contributed by atoms with E-state index in [1.165, 1.54) is 38.5 Å². The molecule has 3 nitrogen and oxygen atoms in total. The first-order valence-corrected chi connectivity index (χ1v) is 11.2. The highest BCUT2D eigenvalue weighted by Crippen LogP contribution is 2.15. The molecule has 0 fully saturated rings. The van der Waals surface area contributed by atoms with Crippen LogP contribution in [0.2, 0.25) is 0 Å². The number of unbranched alkanes of at least 4 members (excludes halogenated alkanes) is 9. The van der Waals surface area contributed by atoms with Crippen molar-refractivity contribution in [2.75, 3.05) is 5.75 Å². The summed E-state index contributed by atoms with van der Waals surface area (Å²) < 4.78 is 12.1. The average Bonchev–Trinajstić information content (AvgIpc) is 2.62. The van der Waals surface area contributed by atoms with Gasteiger partial charge in [0.25, 0.3) is 0 Å². The van der Waals surface area contributed by atoms with Crippen molar-refractivity contribution in [3.8, 4) is 0 Å². The van der Waals surface area contributed by atoms with Crippen molar-refractivity contribution in [3.63, 3.8) is 0 Å². The summed E-state index contributed by atoms with van der Waals surface area (Å²) in [5, 5.41) is 7.96. The van der Waals surface area contributed by atoms with E-state index in [-0.39, 0.29) is 0 Å². The smallest absolute Gasteiger partial charge is 0.321 e. The third kappa shape index (κ3) is 11.5. The highest BCUT2D eigenvalue weighted by molar-refractivity contribution is 7.91. The molecule has 0 heterocycles. The molecule has 142 valence electrons. The summed E-state index contributed by atoms with van der Waals surface area (Å²) in [4.78, 5) is 11.5. The fourth-order valence-corrected chi connectivity index (χ4v) is 4.10. The summed E-state index contributed by atoms with van der Waals surface area (Å²) in [6.45, 7) is 0. The van der Waals surface area contributed by atoms with E-state index in [0.717, 1.165) is 36.3 Å². The molecule has 0 aliphatic carbocycles. The number of carboxylic acid groups (broad SMARTS) is 1. The molecule has 0 amide bonds. The molecular weight excluding hydrogens is 356 g/mol. The lowest BCUT2D eigenvalue weighted by Gasteiger charge is -2.09. The van der Waals surface area contributed by atoms with Gasteiger partial charge in [-0.2, -0.15) is 0 Å². The van der Waals surface area contributed by atoms with Crippen LogP contribution in [0.5, 0.6) is 0 Å². The maximum Gasteiger partial charge on any atom is 0.321 e. The molecule has 2 atom stereocenters. The summed E-state index contributed by atoms with van der Waals surface area (Å²) in [5.41, 5.74) is 0. The molecule has 0 aliphatic heterocycles. The third-order valence-electron chi connectivity index (χ3n) is 4.31. The summed E-state index contributed by atoms with van der Waals surface area (Å²) in [6.07, 6.45) is 12.1. The topological polar surface area (TPSA) is 60.4 Å². The van der Waals surface area contributed by atoms with E-state index in [1.54, 1.807) is 0 Å². The van der Waals surface area contributed by atoms with Crippen molar-refractivity contribution in [1.29, 1.82) is 0 Å². The van der Waals surface area contributed by atoms with E-state index in [1.807, 2.05) is 30.3 Å². The average molecular weight is 387 g/mol. The van der Waals surface area contributed by atoms with Gasteiger partial charge in [0.1, 0.15) is 11.1 Å². The molecule has 0 bridgehead atoms. The van der Waals surface area contributed by atoms with Crippen LogP contribution < -0.4 is 0 Å². The van der Waals surface area contributed by atoms with Crippen LogP contribution in [0.15, 0.2) is 35.2 Å². The molecule has 1 rings (SSSR count). The number of halogens is 1. The Labute approximate surface area is 160 Å². The minimum absolute atomic E-state index is 0.571. The fraction of sp³-hybridized carbons (Fsp3) is 0.650. The van der Waals surface area contributed by atoms with Crippen molar-refractivity contribution in [2.24, 2.45) is 0 Å². The van der Waals surface area contributed by atoms with E-state index in [0.29, 0.717) is 6.42 Å². The van der Waals surface area contributed by atoms with Gasteiger partial charge < -0.3 is 9.66 Å². The Morgan fingerprint density at radius 3 is 1.92 bits per heavy atom. The van der Waals surface area contributed by atoms with Crippen LogP contribution in [-0.4, -0.2) is 26.8 Å². The molecule has 25 heavy (non-hydrogen) atoms. The lowest BCUT2D eigenvalue weighted by atomic mass is 10.1. The lowest BCUT2D eigenvalue weighted by Crippen LogP contribution is -2.12. The number of carboxylic acids is 1. The maximum atomic E-state index is 12.1. The van der Waals surface area contributed by atoms with Gasteiger partial charge in [0, 0.05) is 0 Å². The maximum absolute atomic E-state index is 12.1. The predicted molar refractivity (Wildman–Crippen MR) is 106 cm³/mol. The van der Waals surface area contributed by atoms with Gasteiger partial charge in [0.15, 0.2) is 4.90 Å². The van der Waals surface area contributed by atoms with Crippen LogP contribution in [0.4, 0.5) is 0 Å². The van der Waals surface area contributed by atoms with Crippen molar-refractivity contribution in [1.82, 2.24) is 0 Å². The summed E-state index contributed by atoms with van der Waals surface area (Å²) >= 11 is 4.82. The number of rotatable bonds is 15. The highest BCUT2D eigenvalue weighted by Gasteiger charge is 2.12. The van der Waals surface area contributed by atoms with Crippen molar-refractivity contribution in [2.45, 2.75) is 80.9 Å². The van der Waals surface area contributed by atoms with Crippen LogP contribution in [0.3, 0.4) is 0 Å². The Balaban J connectivity index is 1.84. The Morgan fingerprint density at radius 1 is 0.920 bits per heavy atom. The lowest BCUT2D eigenvalue weighted by molar-refractivity contribution is -0.136. The number of benzene rings is 1. The Morgan fingerprint density at radius 2 is 1.40 bits per heavy atom. The molecular formula is C20H31ClO3S. The first-order chi connectivity index (χ1) is 12.1. The van der Waals surface area contributed by atoms with Crippen LogP contribution >= 0.6 is 11.6 Å². The first-order valence-electron chi connectivity index (χ1n) is 9.41. The number of hydrogen-bond acceptors (Lipinski definition) is 2. The van der Waals surface area contributed by atoms with E-state index in [9.17, 15) is 9.35 Å². The molecule has 0 aliphatic rings. The Kier molecular flexibility index (Phi) is 12.9. The molecule has 5 heteroatoms. The third-order valence-corrected chi connectivity index (χ3v) is 6.17. The van der Waals surface area contributed by atoms with Crippen molar-refractivity contribution in [3.05, 3.63) is 30.3 Å². The minimum atomic E-state index is -0.908. The molecule has 0 saturated heterocycles. The second-order valence-electron chi connectivity index (χ2n) is 6.49. The normalized spacial score (nSPS) is 13.5. The molecule has 0 radical (unpaired) electrons. The van der Waals surface area contributed by atoms with Gasteiger partial charge in [-0.25, -0.2) is 0 Å². The number of alkyl halides is 1. The largest absolute Gasteiger partial charge is 0.611 e. The quantitative estimate of drug-likeness (QED) is 0.236. The molecule has 0 aromatic heterocycles. The predicted octanol–water partition coefficient (Wildman–Crippen LogP) is 5.78. The zero-order valence-corrected chi connectivity index (χ0v) is 16.6. The zero-order valence-electron chi connectivity index (χ0n) is 15.0. The SMILES string of the molecule is O=C(O)C(Cl)CCCCCCCCCCCC[S+]([O-])c1ccccc1. The molecule has 0 saturated carbocycles. The molecule has 1 N–H and O–H groups in total. The summed E-state index contributed by atoms with van der Waals surface area (Å²) in [7, 11) is 0. The van der Waals surface area contributed by atoms with Crippen molar-refractivity contribution >= 4 is 28.7 Å². The van der Waals surface area contributed by atoms with E-state index < -0.39 is 22.5 Å². The molecule has 1 aromatic rings. The monoisotopic (exact) mass is 386 g/mol. The van der Waals surface area contributed by atoms with Crippen LogP contribution in [0, 0.1) is 0 Å². The van der Waals surface area contributed by atoms with Gasteiger partial charge >= 0.3 is 5.97 Å². The van der Waals surface area contributed by atoms with Gasteiger partial charge in [-0.1, -0.05) is 69.6 Å². The van der Waals surface area contributed by atoms with Gasteiger partial charge in [-0.05, 0) is 42.6 Å². The summed E-state index contributed by atoms with van der Waals surface area (Å²) in [6, 6.07) is 9.70. The second-order valence-corrected chi connectivity index (χ2v) is 8.59. The number of hydrogen-bond donors (Lipinski definition) is 1. The van der Waals surface area contributed by atoms with E-state index in [2.05, 4.69) is 0 Å². The minimum Gasteiger partial charge on any atom is -0.611 e. The van der Waals surface area contributed by atoms with Gasteiger partial charge in [0.2, 0.25) is 0 Å². The van der Waals surface area contributed by atoms with Crippen LogP contribution in [0.25, 0.3) is 0 Å². The Hall–Kier alpha value is -0.710. The number of carbonyl (C=O) groups is 1.